The smallest absolute Gasteiger partial charge is 0.253 e. The van der Waals surface area contributed by atoms with Crippen LogP contribution in [-0.2, 0) is 9.53 Å². The number of morpholine rings is 1. The zero-order chi connectivity index (χ0) is 17.5. The van der Waals surface area contributed by atoms with Crippen LogP contribution in [0, 0.1) is 5.92 Å². The molecule has 25 heavy (non-hydrogen) atoms. The van der Waals surface area contributed by atoms with Crippen LogP contribution in [0.1, 0.15) is 36.0 Å². The second kappa shape index (κ2) is 8.97. The predicted octanol–water partition coefficient (Wildman–Crippen LogP) is 1.88. The van der Waals surface area contributed by atoms with Crippen LogP contribution in [-0.4, -0.2) is 56.1 Å². The Hall–Kier alpha value is -1.92. The molecule has 1 aromatic rings. The summed E-state index contributed by atoms with van der Waals surface area (Å²) in [4.78, 5) is 27.0. The molecule has 0 atom stereocenters. The van der Waals surface area contributed by atoms with Gasteiger partial charge in [-0.1, -0.05) is 18.6 Å². The number of anilines is 1. The molecule has 6 nitrogen and oxygen atoms in total. The van der Waals surface area contributed by atoms with Gasteiger partial charge in [-0.25, -0.2) is 0 Å². The average molecular weight is 345 g/mol. The van der Waals surface area contributed by atoms with Crippen molar-refractivity contribution in [1.82, 2.24) is 10.2 Å². The number of hydrogen-bond donors (Lipinski definition) is 2. The molecule has 1 aliphatic carbocycles. The number of benzene rings is 1. The largest absolute Gasteiger partial charge is 0.379 e. The summed E-state index contributed by atoms with van der Waals surface area (Å²) >= 11 is 0. The average Bonchev–Trinajstić information content (AvgIpc) is 2.58. The van der Waals surface area contributed by atoms with Gasteiger partial charge in [0.1, 0.15) is 0 Å². The van der Waals surface area contributed by atoms with E-state index in [2.05, 4.69) is 15.5 Å². The first kappa shape index (κ1) is 17.9. The van der Waals surface area contributed by atoms with Crippen molar-refractivity contribution < 1.29 is 14.3 Å². The number of rotatable bonds is 7. The molecular weight excluding hydrogens is 318 g/mol. The van der Waals surface area contributed by atoms with Crippen LogP contribution in [0.5, 0.6) is 0 Å². The molecule has 0 bridgehead atoms. The van der Waals surface area contributed by atoms with Gasteiger partial charge in [-0.2, -0.15) is 0 Å². The molecule has 1 heterocycles. The normalized spacial score (nSPS) is 18.4. The summed E-state index contributed by atoms with van der Waals surface area (Å²) in [6.07, 6.45) is 3.91. The van der Waals surface area contributed by atoms with Crippen LogP contribution in [0.25, 0.3) is 0 Å². The molecule has 1 aromatic carbocycles. The topological polar surface area (TPSA) is 70.7 Å². The zero-order valence-corrected chi connectivity index (χ0v) is 14.6. The minimum atomic E-state index is -0.133. The number of ether oxygens (including phenoxy) is 1. The first-order valence-corrected chi connectivity index (χ1v) is 9.22. The van der Waals surface area contributed by atoms with Crippen molar-refractivity contribution in [3.8, 4) is 0 Å². The van der Waals surface area contributed by atoms with Gasteiger partial charge in [0.15, 0.2) is 0 Å². The van der Waals surface area contributed by atoms with E-state index in [9.17, 15) is 9.59 Å². The predicted molar refractivity (Wildman–Crippen MR) is 96.6 cm³/mol. The number of nitrogens with one attached hydrogen (secondary N) is 2. The third-order valence-corrected chi connectivity index (χ3v) is 4.95. The van der Waals surface area contributed by atoms with Crippen molar-refractivity contribution >= 4 is 17.5 Å². The zero-order valence-electron chi connectivity index (χ0n) is 14.6. The van der Waals surface area contributed by atoms with Crippen LogP contribution in [0.2, 0.25) is 0 Å². The Morgan fingerprint density at radius 1 is 1.16 bits per heavy atom. The lowest BCUT2D eigenvalue weighted by Crippen LogP contribution is -2.38. The van der Waals surface area contributed by atoms with Gasteiger partial charge in [0.25, 0.3) is 5.91 Å². The summed E-state index contributed by atoms with van der Waals surface area (Å²) in [5, 5.41) is 5.87. The third-order valence-electron chi connectivity index (χ3n) is 4.95. The van der Waals surface area contributed by atoms with E-state index >= 15 is 0 Å². The van der Waals surface area contributed by atoms with Gasteiger partial charge in [-0.05, 0) is 37.9 Å². The number of hydrogen-bond acceptors (Lipinski definition) is 4. The van der Waals surface area contributed by atoms with Crippen molar-refractivity contribution in [2.75, 3.05) is 44.7 Å². The molecule has 1 saturated carbocycles. The van der Waals surface area contributed by atoms with Crippen molar-refractivity contribution in [1.29, 1.82) is 0 Å². The summed E-state index contributed by atoms with van der Waals surface area (Å²) in [5.74, 6) is -0.00468. The van der Waals surface area contributed by atoms with Crippen LogP contribution in [0.15, 0.2) is 24.3 Å². The van der Waals surface area contributed by atoms with E-state index in [0.29, 0.717) is 17.8 Å². The summed E-state index contributed by atoms with van der Waals surface area (Å²) in [6, 6.07) is 7.21. The number of nitrogens with zero attached hydrogens (tertiary/aromatic N) is 1. The van der Waals surface area contributed by atoms with Crippen LogP contribution in [0.4, 0.5) is 5.69 Å². The molecule has 2 N–H and O–H groups in total. The lowest BCUT2D eigenvalue weighted by Gasteiger charge is -2.26. The van der Waals surface area contributed by atoms with Crippen molar-refractivity contribution in [2.45, 2.75) is 25.7 Å². The number of carbonyl (C=O) groups excluding carboxylic acids is 2. The van der Waals surface area contributed by atoms with E-state index in [-0.39, 0.29) is 17.7 Å². The van der Waals surface area contributed by atoms with Gasteiger partial charge in [-0.15, -0.1) is 0 Å². The second-order valence-corrected chi connectivity index (χ2v) is 6.73. The Morgan fingerprint density at radius 3 is 2.64 bits per heavy atom. The molecular formula is C19H27N3O3. The molecule has 0 radical (unpaired) electrons. The fourth-order valence-corrected chi connectivity index (χ4v) is 3.12. The number of amides is 2. The summed E-state index contributed by atoms with van der Waals surface area (Å²) in [7, 11) is 0. The molecule has 1 saturated heterocycles. The first-order valence-electron chi connectivity index (χ1n) is 9.22. The molecule has 2 fully saturated rings. The standard InChI is InChI=1S/C19H27N3O3/c23-18(15-5-3-6-15)21-17-8-2-1-7-16(17)19(24)20-9-4-10-22-11-13-25-14-12-22/h1-2,7-8,15H,3-6,9-14H2,(H,20,24)(H,21,23). The van der Waals surface area contributed by atoms with Crippen molar-refractivity contribution in [3.63, 3.8) is 0 Å². The fourth-order valence-electron chi connectivity index (χ4n) is 3.12. The maximum atomic E-state index is 12.5. The van der Waals surface area contributed by atoms with E-state index in [1.807, 2.05) is 12.1 Å². The Kier molecular flexibility index (Phi) is 6.42. The van der Waals surface area contributed by atoms with Gasteiger partial charge in [0.05, 0.1) is 24.5 Å². The number of para-hydroxylation sites is 1. The van der Waals surface area contributed by atoms with Crippen molar-refractivity contribution in [3.05, 3.63) is 29.8 Å². The molecule has 136 valence electrons. The van der Waals surface area contributed by atoms with E-state index in [1.54, 1.807) is 12.1 Å². The summed E-state index contributed by atoms with van der Waals surface area (Å²) in [5.41, 5.74) is 1.13. The van der Waals surface area contributed by atoms with Gasteiger partial charge < -0.3 is 15.4 Å². The molecule has 0 aromatic heterocycles. The maximum absolute atomic E-state index is 12.5. The molecule has 0 unspecified atom stereocenters. The Morgan fingerprint density at radius 2 is 1.92 bits per heavy atom. The minimum absolute atomic E-state index is 0.0267. The quantitative estimate of drug-likeness (QED) is 0.740. The SMILES string of the molecule is O=C(NCCCN1CCOCC1)c1ccccc1NC(=O)C1CCC1. The lowest BCUT2D eigenvalue weighted by atomic mass is 9.85. The summed E-state index contributed by atoms with van der Waals surface area (Å²) < 4.78 is 5.33. The van der Waals surface area contributed by atoms with Crippen LogP contribution in [0.3, 0.4) is 0 Å². The van der Waals surface area contributed by atoms with E-state index < -0.39 is 0 Å². The molecule has 3 rings (SSSR count). The highest BCUT2D eigenvalue weighted by molar-refractivity contribution is 6.04. The van der Waals surface area contributed by atoms with Gasteiger partial charge in [0.2, 0.25) is 5.91 Å². The van der Waals surface area contributed by atoms with E-state index in [0.717, 1.165) is 58.5 Å². The Bertz CT molecular complexity index is 595. The fraction of sp³-hybridized carbons (Fsp3) is 0.579. The molecule has 1 aliphatic heterocycles. The Labute approximate surface area is 148 Å². The molecule has 0 spiro atoms. The van der Waals surface area contributed by atoms with Crippen molar-refractivity contribution in [2.24, 2.45) is 5.92 Å². The highest BCUT2D eigenvalue weighted by Gasteiger charge is 2.26. The minimum Gasteiger partial charge on any atom is -0.379 e. The first-order chi connectivity index (χ1) is 12.2. The van der Waals surface area contributed by atoms with Gasteiger partial charge in [0, 0.05) is 25.6 Å². The highest BCUT2D eigenvalue weighted by atomic mass is 16.5. The number of carbonyl (C=O) groups is 2. The lowest BCUT2D eigenvalue weighted by molar-refractivity contribution is -0.122. The molecule has 2 amide bonds. The van der Waals surface area contributed by atoms with E-state index in [4.69, 9.17) is 4.74 Å². The third kappa shape index (κ3) is 5.03. The van der Waals surface area contributed by atoms with E-state index in [1.165, 1.54) is 0 Å². The molecule has 2 aliphatic rings. The molecule has 6 heteroatoms. The maximum Gasteiger partial charge on any atom is 0.253 e. The van der Waals surface area contributed by atoms with Gasteiger partial charge >= 0.3 is 0 Å². The monoisotopic (exact) mass is 345 g/mol. The van der Waals surface area contributed by atoms with Crippen LogP contribution >= 0.6 is 0 Å². The highest BCUT2D eigenvalue weighted by Crippen LogP contribution is 2.28. The van der Waals surface area contributed by atoms with Gasteiger partial charge in [-0.3, -0.25) is 14.5 Å². The Balaban J connectivity index is 1.46. The second-order valence-electron chi connectivity index (χ2n) is 6.73. The summed E-state index contributed by atoms with van der Waals surface area (Å²) in [6.45, 7) is 5.10. The van der Waals surface area contributed by atoms with Crippen LogP contribution < -0.4 is 10.6 Å².